The number of carbonyl (C=O) groups is 1. The minimum atomic E-state index is -0.171. The highest BCUT2D eigenvalue weighted by Gasteiger charge is 2.36. The van der Waals surface area contributed by atoms with E-state index in [0.717, 1.165) is 38.6 Å². The molecule has 1 N–H and O–H groups in total. The van der Waals surface area contributed by atoms with Crippen molar-refractivity contribution in [3.05, 3.63) is 48.5 Å². The molecule has 1 aromatic carbocycles. The monoisotopic (exact) mass is 356 g/mol. The Morgan fingerprint density at radius 2 is 2.12 bits per heavy atom. The zero-order valence-corrected chi connectivity index (χ0v) is 15.3. The molecule has 0 saturated carbocycles. The maximum Gasteiger partial charge on any atom is 0.222 e. The molecule has 1 saturated heterocycles. The Labute approximate surface area is 154 Å². The third-order valence-corrected chi connectivity index (χ3v) is 5.38. The molecule has 140 valence electrons. The van der Waals surface area contributed by atoms with Gasteiger partial charge in [0, 0.05) is 31.5 Å². The first-order valence-corrected chi connectivity index (χ1v) is 9.46. The number of carbonyl (C=O) groups excluding carboxylic acids is 1. The van der Waals surface area contributed by atoms with Crippen molar-refractivity contribution in [3.63, 3.8) is 0 Å². The van der Waals surface area contributed by atoms with E-state index in [4.69, 9.17) is 0 Å². The normalized spacial score (nSPS) is 20.3. The molecule has 1 unspecified atom stereocenters. The van der Waals surface area contributed by atoms with Crippen LogP contribution in [0, 0.1) is 5.41 Å². The molecule has 3 rings (SSSR count). The van der Waals surface area contributed by atoms with Gasteiger partial charge < -0.3 is 10.0 Å². The molecule has 2 aromatic rings. The molecule has 6 nitrogen and oxygen atoms in total. The molecule has 1 atom stereocenters. The third kappa shape index (κ3) is 4.91. The maximum atomic E-state index is 12.6. The molecule has 6 heteroatoms. The lowest BCUT2D eigenvalue weighted by Crippen LogP contribution is -2.48. The van der Waals surface area contributed by atoms with E-state index in [1.165, 1.54) is 11.9 Å². The van der Waals surface area contributed by atoms with Crippen LogP contribution in [0.4, 0.5) is 0 Å². The van der Waals surface area contributed by atoms with Crippen LogP contribution >= 0.6 is 0 Å². The number of nitrogens with zero attached hydrogens (tertiary/aromatic N) is 4. The van der Waals surface area contributed by atoms with Crippen LogP contribution < -0.4 is 0 Å². The zero-order valence-electron chi connectivity index (χ0n) is 15.3. The van der Waals surface area contributed by atoms with Gasteiger partial charge in [-0.1, -0.05) is 30.3 Å². The van der Waals surface area contributed by atoms with Crippen molar-refractivity contribution in [2.45, 2.75) is 45.1 Å². The fraction of sp³-hybridized carbons (Fsp3) is 0.550. The second kappa shape index (κ2) is 8.94. The molecule has 2 heterocycles. The molecule has 1 aromatic heterocycles. The lowest BCUT2D eigenvalue weighted by molar-refractivity contribution is -0.135. The number of hydrogen-bond acceptors (Lipinski definition) is 4. The van der Waals surface area contributed by atoms with Crippen LogP contribution in [0.2, 0.25) is 0 Å². The van der Waals surface area contributed by atoms with E-state index in [-0.39, 0.29) is 17.9 Å². The summed E-state index contributed by atoms with van der Waals surface area (Å²) < 4.78 is 1.75. The second-order valence-electron chi connectivity index (χ2n) is 7.32. The van der Waals surface area contributed by atoms with E-state index in [0.29, 0.717) is 19.5 Å². The number of aryl methyl sites for hydroxylation is 2. The molecule has 0 radical (unpaired) electrons. The van der Waals surface area contributed by atoms with Crippen LogP contribution in [-0.4, -0.2) is 50.4 Å². The topological polar surface area (TPSA) is 71.2 Å². The Hall–Kier alpha value is -2.21. The van der Waals surface area contributed by atoms with Gasteiger partial charge in [0.25, 0.3) is 0 Å². The van der Waals surface area contributed by atoms with Crippen LogP contribution in [0.3, 0.4) is 0 Å². The highest BCUT2D eigenvalue weighted by molar-refractivity contribution is 5.76. The SMILES string of the molecule is O=C(CCCn1cncn1)N1CCCC(CO)(CCc2ccccc2)C1. The first-order chi connectivity index (χ1) is 12.7. The second-order valence-corrected chi connectivity index (χ2v) is 7.32. The van der Waals surface area contributed by atoms with E-state index in [1.54, 1.807) is 11.0 Å². The number of aliphatic hydroxyl groups excluding tert-OH is 1. The molecule has 0 aliphatic carbocycles. The minimum Gasteiger partial charge on any atom is -0.396 e. The molecule has 1 amide bonds. The van der Waals surface area contributed by atoms with Gasteiger partial charge >= 0.3 is 0 Å². The number of rotatable bonds is 8. The number of aromatic nitrogens is 3. The molecule has 1 aliphatic rings. The van der Waals surface area contributed by atoms with Gasteiger partial charge in [-0.3, -0.25) is 9.48 Å². The summed E-state index contributed by atoms with van der Waals surface area (Å²) in [5, 5.41) is 14.1. The predicted molar refractivity (Wildman–Crippen MR) is 99.4 cm³/mol. The van der Waals surface area contributed by atoms with Crippen molar-refractivity contribution in [1.29, 1.82) is 0 Å². The number of benzene rings is 1. The first kappa shape index (κ1) is 18.6. The predicted octanol–water partition coefficient (Wildman–Crippen LogP) is 2.29. The Balaban J connectivity index is 1.51. The average Bonchev–Trinajstić information content (AvgIpc) is 3.21. The van der Waals surface area contributed by atoms with Gasteiger partial charge in [-0.2, -0.15) is 5.10 Å². The lowest BCUT2D eigenvalue weighted by Gasteiger charge is -2.42. The molecular weight excluding hydrogens is 328 g/mol. The molecule has 1 aliphatic heterocycles. The van der Waals surface area contributed by atoms with Gasteiger partial charge in [-0.05, 0) is 37.7 Å². The van der Waals surface area contributed by atoms with Gasteiger partial charge in [0.15, 0.2) is 0 Å². The summed E-state index contributed by atoms with van der Waals surface area (Å²) in [6.07, 6.45) is 8.25. The average molecular weight is 356 g/mol. The number of amides is 1. The summed E-state index contributed by atoms with van der Waals surface area (Å²) in [5.74, 6) is 0.183. The Morgan fingerprint density at radius 3 is 2.85 bits per heavy atom. The molecule has 26 heavy (non-hydrogen) atoms. The smallest absolute Gasteiger partial charge is 0.222 e. The number of likely N-dealkylation sites (tertiary alicyclic amines) is 1. The summed E-state index contributed by atoms with van der Waals surface area (Å²) >= 11 is 0. The Bertz CT molecular complexity index is 674. The third-order valence-electron chi connectivity index (χ3n) is 5.38. The summed E-state index contributed by atoms with van der Waals surface area (Å²) in [7, 11) is 0. The van der Waals surface area contributed by atoms with Crippen molar-refractivity contribution in [1.82, 2.24) is 19.7 Å². The Kier molecular flexibility index (Phi) is 6.39. The zero-order chi connectivity index (χ0) is 18.2. The lowest BCUT2D eigenvalue weighted by atomic mass is 9.76. The minimum absolute atomic E-state index is 0.141. The Morgan fingerprint density at radius 1 is 1.27 bits per heavy atom. The van der Waals surface area contributed by atoms with Gasteiger partial charge in [0.1, 0.15) is 12.7 Å². The molecule has 1 fully saturated rings. The van der Waals surface area contributed by atoms with Crippen molar-refractivity contribution in [2.24, 2.45) is 5.41 Å². The first-order valence-electron chi connectivity index (χ1n) is 9.46. The summed E-state index contributed by atoms with van der Waals surface area (Å²) in [6.45, 7) is 2.31. The molecule has 0 spiro atoms. The highest BCUT2D eigenvalue weighted by atomic mass is 16.3. The van der Waals surface area contributed by atoms with Gasteiger partial charge in [0.05, 0.1) is 6.61 Å². The van der Waals surface area contributed by atoms with Crippen LogP contribution in [0.5, 0.6) is 0 Å². The van der Waals surface area contributed by atoms with E-state index in [2.05, 4.69) is 22.2 Å². The van der Waals surface area contributed by atoms with Gasteiger partial charge in [-0.15, -0.1) is 0 Å². The summed E-state index contributed by atoms with van der Waals surface area (Å²) in [4.78, 5) is 18.5. The van der Waals surface area contributed by atoms with E-state index < -0.39 is 0 Å². The summed E-state index contributed by atoms with van der Waals surface area (Å²) in [6, 6.07) is 10.4. The summed E-state index contributed by atoms with van der Waals surface area (Å²) in [5.41, 5.74) is 1.12. The van der Waals surface area contributed by atoms with E-state index >= 15 is 0 Å². The van der Waals surface area contributed by atoms with Crippen molar-refractivity contribution in [3.8, 4) is 0 Å². The van der Waals surface area contributed by atoms with Gasteiger partial charge in [0.2, 0.25) is 5.91 Å². The van der Waals surface area contributed by atoms with E-state index in [1.807, 2.05) is 23.1 Å². The van der Waals surface area contributed by atoms with Crippen LogP contribution in [0.1, 0.15) is 37.7 Å². The van der Waals surface area contributed by atoms with E-state index in [9.17, 15) is 9.90 Å². The number of aliphatic hydroxyl groups is 1. The standard InChI is InChI=1S/C20H28N4O2/c25-15-20(11-9-18-6-2-1-3-7-18)10-5-12-23(14-20)19(26)8-4-13-24-17-21-16-22-24/h1-3,6-7,16-17,25H,4-5,8-15H2. The quantitative estimate of drug-likeness (QED) is 0.788. The molecular formula is C20H28N4O2. The van der Waals surface area contributed by atoms with Gasteiger partial charge in [-0.25, -0.2) is 4.98 Å². The number of hydrogen-bond donors (Lipinski definition) is 1. The molecule has 0 bridgehead atoms. The highest BCUT2D eigenvalue weighted by Crippen LogP contribution is 2.34. The van der Waals surface area contributed by atoms with Crippen molar-refractivity contribution < 1.29 is 9.90 Å². The largest absolute Gasteiger partial charge is 0.396 e. The van der Waals surface area contributed by atoms with Crippen molar-refractivity contribution >= 4 is 5.91 Å². The fourth-order valence-electron chi connectivity index (χ4n) is 3.79. The van der Waals surface area contributed by atoms with Crippen molar-refractivity contribution in [2.75, 3.05) is 19.7 Å². The van der Waals surface area contributed by atoms with Crippen LogP contribution in [0.25, 0.3) is 0 Å². The fourth-order valence-corrected chi connectivity index (χ4v) is 3.79. The van der Waals surface area contributed by atoms with Crippen LogP contribution in [0.15, 0.2) is 43.0 Å². The van der Waals surface area contributed by atoms with Crippen LogP contribution in [-0.2, 0) is 17.8 Å². The number of piperidine rings is 1. The maximum absolute atomic E-state index is 12.6.